The predicted molar refractivity (Wildman–Crippen MR) is 90.0 cm³/mol. The summed E-state index contributed by atoms with van der Waals surface area (Å²) in [7, 11) is 0. The molecule has 21 heavy (non-hydrogen) atoms. The van der Waals surface area contributed by atoms with Gasteiger partial charge in [-0.25, -0.2) is 4.98 Å². The highest BCUT2D eigenvalue weighted by atomic mass is 32.1. The van der Waals surface area contributed by atoms with E-state index in [1.54, 1.807) is 11.3 Å². The summed E-state index contributed by atoms with van der Waals surface area (Å²) in [6.45, 7) is 12.1. The van der Waals surface area contributed by atoms with Crippen LogP contribution in [0.25, 0.3) is 10.6 Å². The van der Waals surface area contributed by atoms with Gasteiger partial charge in [-0.05, 0) is 46.8 Å². The van der Waals surface area contributed by atoms with E-state index in [2.05, 4.69) is 45.1 Å². The average Bonchev–Trinajstić information content (AvgIpc) is 2.78. The molecule has 2 rings (SSSR count). The molecule has 0 amide bonds. The number of hydrogen-bond donors (Lipinski definition) is 1. The van der Waals surface area contributed by atoms with E-state index in [-0.39, 0.29) is 5.54 Å². The first kappa shape index (κ1) is 16.0. The molecule has 1 heterocycles. The quantitative estimate of drug-likeness (QED) is 0.888. The van der Waals surface area contributed by atoms with Crippen LogP contribution in [0.5, 0.6) is 5.75 Å². The topological polar surface area (TPSA) is 34.1 Å². The second kappa shape index (κ2) is 6.58. The minimum absolute atomic E-state index is 0.117. The molecule has 1 N–H and O–H groups in total. The largest absolute Gasteiger partial charge is 0.494 e. The number of rotatable bonds is 5. The molecular formula is C17H24N2OS. The fraction of sp³-hybridized carbons (Fsp3) is 0.471. The summed E-state index contributed by atoms with van der Waals surface area (Å²) in [4.78, 5) is 6.00. The maximum Gasteiger partial charge on any atom is 0.124 e. The van der Waals surface area contributed by atoms with Gasteiger partial charge in [0.1, 0.15) is 10.8 Å². The molecule has 114 valence electrons. The molecule has 0 saturated carbocycles. The first-order valence-corrected chi connectivity index (χ1v) is 8.15. The highest BCUT2D eigenvalue weighted by molar-refractivity contribution is 7.15. The van der Waals surface area contributed by atoms with Crippen LogP contribution in [0.4, 0.5) is 0 Å². The fourth-order valence-corrected chi connectivity index (χ4v) is 2.95. The van der Waals surface area contributed by atoms with Crippen LogP contribution in [-0.4, -0.2) is 17.1 Å². The molecule has 0 aliphatic carbocycles. The molecule has 1 aromatic heterocycles. The van der Waals surface area contributed by atoms with E-state index in [1.165, 1.54) is 4.88 Å². The molecule has 0 bridgehead atoms. The average molecular weight is 304 g/mol. The van der Waals surface area contributed by atoms with Gasteiger partial charge >= 0.3 is 0 Å². The molecule has 0 atom stereocenters. The summed E-state index contributed by atoms with van der Waals surface area (Å²) >= 11 is 1.75. The first-order valence-electron chi connectivity index (χ1n) is 7.33. The minimum Gasteiger partial charge on any atom is -0.494 e. The summed E-state index contributed by atoms with van der Waals surface area (Å²) in [5.74, 6) is 0.900. The Bertz CT molecular complexity index is 599. The molecule has 0 unspecified atom stereocenters. The highest BCUT2D eigenvalue weighted by Crippen LogP contribution is 2.30. The van der Waals surface area contributed by atoms with Crippen LogP contribution in [0.2, 0.25) is 0 Å². The highest BCUT2D eigenvalue weighted by Gasteiger charge is 2.13. The van der Waals surface area contributed by atoms with Crippen molar-refractivity contribution in [2.24, 2.45) is 0 Å². The Morgan fingerprint density at radius 1 is 1.29 bits per heavy atom. The van der Waals surface area contributed by atoms with Gasteiger partial charge in [-0.3, -0.25) is 0 Å². The Morgan fingerprint density at radius 3 is 2.71 bits per heavy atom. The van der Waals surface area contributed by atoms with Crippen LogP contribution < -0.4 is 10.1 Å². The zero-order valence-electron chi connectivity index (χ0n) is 13.5. The number of aryl methyl sites for hydroxylation is 1. The summed E-state index contributed by atoms with van der Waals surface area (Å²) in [6.07, 6.45) is 0. The first-order chi connectivity index (χ1) is 9.89. The van der Waals surface area contributed by atoms with Gasteiger partial charge in [-0.2, -0.15) is 0 Å². The molecule has 0 aliphatic rings. The molecule has 0 fully saturated rings. The van der Waals surface area contributed by atoms with Crippen LogP contribution in [0.3, 0.4) is 0 Å². The lowest BCUT2D eigenvalue weighted by Gasteiger charge is -2.19. The minimum atomic E-state index is 0.117. The van der Waals surface area contributed by atoms with E-state index >= 15 is 0 Å². The van der Waals surface area contributed by atoms with Gasteiger partial charge in [-0.15, -0.1) is 11.3 Å². The summed E-state index contributed by atoms with van der Waals surface area (Å²) in [5.41, 5.74) is 2.34. The third kappa shape index (κ3) is 4.55. The lowest BCUT2D eigenvalue weighted by molar-refractivity contribution is 0.340. The summed E-state index contributed by atoms with van der Waals surface area (Å²) < 4.78 is 5.56. The molecule has 0 saturated heterocycles. The monoisotopic (exact) mass is 304 g/mol. The molecule has 2 aromatic rings. The zero-order chi connectivity index (χ0) is 15.5. The van der Waals surface area contributed by atoms with Crippen LogP contribution in [0.15, 0.2) is 24.3 Å². The number of aromatic nitrogens is 1. The number of nitrogens with one attached hydrogen (secondary N) is 1. The number of hydrogen-bond acceptors (Lipinski definition) is 4. The van der Waals surface area contributed by atoms with Crippen molar-refractivity contribution in [3.8, 4) is 16.3 Å². The van der Waals surface area contributed by atoms with Gasteiger partial charge in [0, 0.05) is 22.5 Å². The second-order valence-corrected chi connectivity index (χ2v) is 7.18. The van der Waals surface area contributed by atoms with Crippen molar-refractivity contribution in [2.45, 2.75) is 46.7 Å². The molecule has 0 spiro atoms. The SMILES string of the molecule is CCOc1cccc(-c2nc(C)c(CNC(C)(C)C)s2)c1. The molecule has 0 aliphatic heterocycles. The number of thiazole rings is 1. The van der Waals surface area contributed by atoms with Crippen LogP contribution in [0.1, 0.15) is 38.3 Å². The van der Waals surface area contributed by atoms with Crippen molar-refractivity contribution >= 4 is 11.3 Å². The van der Waals surface area contributed by atoms with Crippen LogP contribution in [-0.2, 0) is 6.54 Å². The maximum absolute atomic E-state index is 5.56. The van der Waals surface area contributed by atoms with Crippen molar-refractivity contribution in [1.29, 1.82) is 0 Å². The Labute approximate surface area is 131 Å². The van der Waals surface area contributed by atoms with E-state index in [0.29, 0.717) is 6.61 Å². The maximum atomic E-state index is 5.56. The van der Waals surface area contributed by atoms with Crippen molar-refractivity contribution < 1.29 is 4.74 Å². The Balaban J connectivity index is 2.19. The second-order valence-electron chi connectivity index (χ2n) is 6.09. The van der Waals surface area contributed by atoms with Crippen molar-refractivity contribution in [1.82, 2.24) is 10.3 Å². The molecule has 1 aromatic carbocycles. The van der Waals surface area contributed by atoms with Gasteiger partial charge in [0.25, 0.3) is 0 Å². The normalized spacial score (nSPS) is 11.7. The predicted octanol–water partition coefficient (Wildman–Crippen LogP) is 4.41. The molecule has 0 radical (unpaired) electrons. The van der Waals surface area contributed by atoms with Gasteiger partial charge in [-0.1, -0.05) is 12.1 Å². The van der Waals surface area contributed by atoms with E-state index in [1.807, 2.05) is 19.1 Å². The third-order valence-corrected chi connectivity index (χ3v) is 4.27. The van der Waals surface area contributed by atoms with Gasteiger partial charge in [0.15, 0.2) is 0 Å². The van der Waals surface area contributed by atoms with Crippen LogP contribution >= 0.6 is 11.3 Å². The molecule has 3 nitrogen and oxygen atoms in total. The van der Waals surface area contributed by atoms with Gasteiger partial charge in [0.05, 0.1) is 12.3 Å². The van der Waals surface area contributed by atoms with E-state index < -0.39 is 0 Å². The number of nitrogens with zero attached hydrogens (tertiary/aromatic N) is 1. The standard InChI is InChI=1S/C17H24N2OS/c1-6-20-14-9-7-8-13(10-14)16-19-12(2)15(21-16)11-18-17(3,4)5/h7-10,18H,6,11H2,1-5H3. The molecular weight excluding hydrogens is 280 g/mol. The Morgan fingerprint density at radius 2 is 2.05 bits per heavy atom. The number of ether oxygens (including phenoxy) is 1. The van der Waals surface area contributed by atoms with Crippen molar-refractivity contribution in [3.63, 3.8) is 0 Å². The van der Waals surface area contributed by atoms with Crippen molar-refractivity contribution in [2.75, 3.05) is 6.61 Å². The van der Waals surface area contributed by atoms with Gasteiger partial charge < -0.3 is 10.1 Å². The molecule has 4 heteroatoms. The Kier molecular flexibility index (Phi) is 5.01. The lowest BCUT2D eigenvalue weighted by Crippen LogP contribution is -2.34. The Hall–Kier alpha value is -1.39. The third-order valence-electron chi connectivity index (χ3n) is 3.06. The van der Waals surface area contributed by atoms with Gasteiger partial charge in [0.2, 0.25) is 0 Å². The van der Waals surface area contributed by atoms with E-state index in [0.717, 1.165) is 28.6 Å². The summed E-state index contributed by atoms with van der Waals surface area (Å²) in [6, 6.07) is 8.14. The summed E-state index contributed by atoms with van der Waals surface area (Å²) in [5, 5.41) is 4.58. The zero-order valence-corrected chi connectivity index (χ0v) is 14.3. The van der Waals surface area contributed by atoms with E-state index in [4.69, 9.17) is 9.72 Å². The lowest BCUT2D eigenvalue weighted by atomic mass is 10.1. The smallest absolute Gasteiger partial charge is 0.124 e. The van der Waals surface area contributed by atoms with E-state index in [9.17, 15) is 0 Å². The van der Waals surface area contributed by atoms with Crippen molar-refractivity contribution in [3.05, 3.63) is 34.8 Å². The van der Waals surface area contributed by atoms with Crippen LogP contribution in [0, 0.1) is 6.92 Å². The fourth-order valence-electron chi connectivity index (χ4n) is 1.95. The number of benzene rings is 1.